The first-order valence-corrected chi connectivity index (χ1v) is 7.24. The van der Waals surface area contributed by atoms with Gasteiger partial charge in [0.2, 0.25) is 5.91 Å². The lowest BCUT2D eigenvalue weighted by atomic mass is 9.86. The lowest BCUT2D eigenvalue weighted by Gasteiger charge is -2.27. The Bertz CT molecular complexity index is 713. The topological polar surface area (TPSA) is 129 Å². The van der Waals surface area contributed by atoms with E-state index in [1.54, 1.807) is 19.1 Å². The van der Waals surface area contributed by atoms with Crippen molar-refractivity contribution in [3.05, 3.63) is 46.0 Å². The summed E-state index contributed by atoms with van der Waals surface area (Å²) >= 11 is 0.975. The van der Waals surface area contributed by atoms with E-state index < -0.39 is 17.8 Å². The number of hydrogen-bond donors (Lipinski definition) is 3. The van der Waals surface area contributed by atoms with E-state index in [1.165, 1.54) is 6.26 Å². The van der Waals surface area contributed by atoms with Crippen molar-refractivity contribution >= 4 is 23.6 Å². The number of nitriles is 1. The number of nitrogens with one attached hydrogen (secondary N) is 1. The molecule has 0 spiro atoms. The van der Waals surface area contributed by atoms with E-state index in [2.05, 4.69) is 5.32 Å². The van der Waals surface area contributed by atoms with Crippen LogP contribution in [0.5, 0.6) is 0 Å². The van der Waals surface area contributed by atoms with Gasteiger partial charge in [0.05, 0.1) is 40.2 Å². The maximum Gasteiger partial charge on any atom is 0.313 e. The van der Waals surface area contributed by atoms with Gasteiger partial charge in [-0.15, -0.1) is 0 Å². The zero-order valence-electron chi connectivity index (χ0n) is 11.6. The van der Waals surface area contributed by atoms with E-state index in [9.17, 15) is 14.9 Å². The van der Waals surface area contributed by atoms with Crippen molar-refractivity contribution in [1.29, 1.82) is 5.26 Å². The average molecular weight is 319 g/mol. The van der Waals surface area contributed by atoms with Crippen molar-refractivity contribution < 1.29 is 19.1 Å². The van der Waals surface area contributed by atoms with Gasteiger partial charge >= 0.3 is 5.97 Å². The summed E-state index contributed by atoms with van der Waals surface area (Å²) in [5.41, 5.74) is 6.34. The molecule has 2 heterocycles. The van der Waals surface area contributed by atoms with E-state index in [-0.39, 0.29) is 16.9 Å². The van der Waals surface area contributed by atoms with E-state index in [0.717, 1.165) is 11.8 Å². The zero-order valence-corrected chi connectivity index (χ0v) is 12.4. The van der Waals surface area contributed by atoms with E-state index in [0.29, 0.717) is 16.5 Å². The van der Waals surface area contributed by atoms with Gasteiger partial charge in [0.15, 0.2) is 0 Å². The number of rotatable bonds is 5. The summed E-state index contributed by atoms with van der Waals surface area (Å²) < 4.78 is 5.33. The van der Waals surface area contributed by atoms with Gasteiger partial charge in [0.25, 0.3) is 0 Å². The Morgan fingerprint density at radius 3 is 2.82 bits per heavy atom. The first-order valence-electron chi connectivity index (χ1n) is 6.25. The predicted octanol–water partition coefficient (Wildman–Crippen LogP) is 1.28. The van der Waals surface area contributed by atoms with Crippen LogP contribution >= 0.6 is 11.8 Å². The summed E-state index contributed by atoms with van der Waals surface area (Å²) in [5, 5.41) is 21.5. The van der Waals surface area contributed by atoms with Crippen LogP contribution in [-0.2, 0) is 9.59 Å². The van der Waals surface area contributed by atoms with Gasteiger partial charge in [-0.25, -0.2) is 0 Å². The molecule has 1 aromatic rings. The summed E-state index contributed by atoms with van der Waals surface area (Å²) in [6, 6.07) is 5.31. The predicted molar refractivity (Wildman–Crippen MR) is 79.2 cm³/mol. The molecule has 1 aliphatic rings. The number of furan rings is 1. The molecule has 114 valence electrons. The highest BCUT2D eigenvalue weighted by atomic mass is 32.2. The minimum atomic E-state index is -1.01. The SMILES string of the molecule is CC1=C(C(N)=O)[C@H](c2ccco2)C(C#N)=C(SCC(=O)O)N1. The Hall–Kier alpha value is -2.66. The molecule has 1 aromatic heterocycles. The van der Waals surface area contributed by atoms with Gasteiger partial charge in [-0.05, 0) is 19.1 Å². The molecule has 1 atom stereocenters. The molecular weight excluding hydrogens is 306 g/mol. The molecule has 0 radical (unpaired) electrons. The van der Waals surface area contributed by atoms with Crippen molar-refractivity contribution in [3.8, 4) is 6.07 Å². The number of carboxylic acids is 1. The fourth-order valence-electron chi connectivity index (χ4n) is 2.23. The third-order valence-corrected chi connectivity index (χ3v) is 4.08. The largest absolute Gasteiger partial charge is 0.481 e. The summed E-state index contributed by atoms with van der Waals surface area (Å²) in [4.78, 5) is 22.5. The second-order valence-electron chi connectivity index (χ2n) is 4.51. The molecule has 22 heavy (non-hydrogen) atoms. The van der Waals surface area contributed by atoms with Crippen LogP contribution in [0.4, 0.5) is 0 Å². The highest BCUT2D eigenvalue weighted by Gasteiger charge is 2.35. The summed E-state index contributed by atoms with van der Waals surface area (Å²) in [5.74, 6) is -2.22. The number of nitrogens with two attached hydrogens (primary N) is 1. The molecule has 4 N–H and O–H groups in total. The molecule has 2 rings (SSSR count). The van der Waals surface area contributed by atoms with Gasteiger partial charge in [0, 0.05) is 5.70 Å². The molecule has 0 saturated heterocycles. The summed E-state index contributed by atoms with van der Waals surface area (Å²) in [6.45, 7) is 1.64. The second-order valence-corrected chi connectivity index (χ2v) is 5.50. The molecule has 0 aliphatic carbocycles. The third-order valence-electron chi connectivity index (χ3n) is 3.08. The molecule has 0 fully saturated rings. The molecule has 0 saturated carbocycles. The lowest BCUT2D eigenvalue weighted by molar-refractivity contribution is -0.133. The van der Waals surface area contributed by atoms with Crippen LogP contribution in [0.3, 0.4) is 0 Å². The molecular formula is C14H13N3O4S. The number of thioether (sulfide) groups is 1. The van der Waals surface area contributed by atoms with Crippen molar-refractivity contribution in [2.75, 3.05) is 5.75 Å². The van der Waals surface area contributed by atoms with E-state index >= 15 is 0 Å². The molecule has 0 bridgehead atoms. The van der Waals surface area contributed by atoms with Crippen LogP contribution in [0.25, 0.3) is 0 Å². The number of nitrogens with zero attached hydrogens (tertiary/aromatic N) is 1. The van der Waals surface area contributed by atoms with Crippen LogP contribution in [0.1, 0.15) is 18.6 Å². The number of carboxylic acid groups (broad SMARTS) is 1. The fraction of sp³-hybridized carbons (Fsp3) is 0.214. The first kappa shape index (κ1) is 15.7. The van der Waals surface area contributed by atoms with Crippen LogP contribution in [-0.4, -0.2) is 22.7 Å². The molecule has 7 nitrogen and oxygen atoms in total. The van der Waals surface area contributed by atoms with Crippen LogP contribution in [0.15, 0.2) is 44.7 Å². The maximum atomic E-state index is 11.8. The number of amides is 1. The van der Waals surface area contributed by atoms with Crippen molar-refractivity contribution in [2.24, 2.45) is 5.73 Å². The minimum Gasteiger partial charge on any atom is -0.481 e. The van der Waals surface area contributed by atoms with Crippen LogP contribution in [0.2, 0.25) is 0 Å². The van der Waals surface area contributed by atoms with Crippen LogP contribution in [0, 0.1) is 11.3 Å². The summed E-state index contributed by atoms with van der Waals surface area (Å²) in [7, 11) is 0. The van der Waals surface area contributed by atoms with Gasteiger partial charge < -0.3 is 20.6 Å². The quantitative estimate of drug-likeness (QED) is 0.745. The second kappa shape index (κ2) is 6.41. The highest BCUT2D eigenvalue weighted by molar-refractivity contribution is 8.03. The normalized spacial score (nSPS) is 17.9. The van der Waals surface area contributed by atoms with Gasteiger partial charge in [-0.2, -0.15) is 5.26 Å². The summed E-state index contributed by atoms with van der Waals surface area (Å²) in [6.07, 6.45) is 1.43. The lowest BCUT2D eigenvalue weighted by Crippen LogP contribution is -2.31. The van der Waals surface area contributed by atoms with Gasteiger partial charge in [-0.1, -0.05) is 11.8 Å². The number of primary amides is 1. The Labute approximate surface area is 130 Å². The molecule has 8 heteroatoms. The first-order chi connectivity index (χ1) is 10.5. The van der Waals surface area contributed by atoms with Crippen LogP contribution < -0.4 is 11.1 Å². The number of carbonyl (C=O) groups excluding carboxylic acids is 1. The Morgan fingerprint density at radius 1 is 1.59 bits per heavy atom. The van der Waals surface area contributed by atoms with E-state index in [4.69, 9.17) is 15.3 Å². The highest BCUT2D eigenvalue weighted by Crippen LogP contribution is 2.40. The number of carbonyl (C=O) groups is 2. The van der Waals surface area contributed by atoms with Crippen molar-refractivity contribution in [2.45, 2.75) is 12.8 Å². The molecule has 1 amide bonds. The number of dihydropyridines is 1. The number of aliphatic carboxylic acids is 1. The number of hydrogen-bond acceptors (Lipinski definition) is 6. The average Bonchev–Trinajstić information content (AvgIpc) is 2.97. The zero-order chi connectivity index (χ0) is 16.3. The van der Waals surface area contributed by atoms with E-state index in [1.807, 2.05) is 6.07 Å². The molecule has 0 unspecified atom stereocenters. The van der Waals surface area contributed by atoms with Gasteiger partial charge in [-0.3, -0.25) is 9.59 Å². The Balaban J connectivity index is 2.52. The van der Waals surface area contributed by atoms with Gasteiger partial charge in [0.1, 0.15) is 5.76 Å². The standard InChI is InChI=1S/C14H13N3O4S/c1-7-11(13(16)20)12(9-3-2-4-21-9)8(5-15)14(17-7)22-6-10(18)19/h2-4,12,17H,6H2,1H3,(H2,16,20)(H,18,19)/t12-/m0/s1. The molecule has 1 aliphatic heterocycles. The maximum absolute atomic E-state index is 11.8. The number of allylic oxidation sites excluding steroid dienone is 2. The minimum absolute atomic E-state index is 0.209. The third kappa shape index (κ3) is 2.99. The van der Waals surface area contributed by atoms with Crippen molar-refractivity contribution in [3.63, 3.8) is 0 Å². The van der Waals surface area contributed by atoms with Crippen molar-refractivity contribution in [1.82, 2.24) is 5.32 Å². The Morgan fingerprint density at radius 2 is 2.32 bits per heavy atom. The fourth-order valence-corrected chi connectivity index (χ4v) is 3.04. The molecule has 0 aromatic carbocycles. The monoisotopic (exact) mass is 319 g/mol. The smallest absolute Gasteiger partial charge is 0.313 e. The Kier molecular flexibility index (Phi) is 4.58.